The molecule has 0 atom stereocenters. The molecule has 0 bridgehead atoms. The van der Waals surface area contributed by atoms with Crippen LogP contribution in [0.4, 0.5) is 5.69 Å². The molecule has 0 aliphatic heterocycles. The number of pyridine rings is 1. The van der Waals surface area contributed by atoms with E-state index in [2.05, 4.69) is 15.6 Å². The lowest BCUT2D eigenvalue weighted by Gasteiger charge is -2.08. The maximum absolute atomic E-state index is 12.3. The summed E-state index contributed by atoms with van der Waals surface area (Å²) in [6.07, 6.45) is 3.35. The van der Waals surface area contributed by atoms with Gasteiger partial charge in [-0.1, -0.05) is 17.7 Å². The van der Waals surface area contributed by atoms with Gasteiger partial charge in [0, 0.05) is 40.8 Å². The Balaban J connectivity index is 1.61. The molecule has 2 amide bonds. The fraction of sp³-hybridized carbons (Fsp3) is 0.0952. The van der Waals surface area contributed by atoms with Crippen LogP contribution < -0.4 is 10.6 Å². The van der Waals surface area contributed by atoms with Gasteiger partial charge in [-0.2, -0.15) is 0 Å². The van der Waals surface area contributed by atoms with E-state index in [1.54, 1.807) is 48.8 Å². The largest absolute Gasteiger partial charge is 0.348 e. The fourth-order valence-electron chi connectivity index (χ4n) is 2.43. The van der Waals surface area contributed by atoms with Crippen molar-refractivity contribution in [1.82, 2.24) is 10.3 Å². The van der Waals surface area contributed by atoms with Crippen molar-refractivity contribution >= 4 is 29.1 Å². The van der Waals surface area contributed by atoms with Crippen molar-refractivity contribution in [2.24, 2.45) is 0 Å². The summed E-state index contributed by atoms with van der Waals surface area (Å²) < 4.78 is 0. The number of rotatable bonds is 5. The molecule has 27 heavy (non-hydrogen) atoms. The van der Waals surface area contributed by atoms with Gasteiger partial charge in [-0.15, -0.1) is 0 Å². The number of carbonyl (C=O) groups excluding carboxylic acids is 2. The topological polar surface area (TPSA) is 71.1 Å². The van der Waals surface area contributed by atoms with Crippen LogP contribution in [-0.2, 0) is 6.54 Å². The Morgan fingerprint density at radius 1 is 0.926 bits per heavy atom. The van der Waals surface area contributed by atoms with Crippen molar-refractivity contribution in [3.63, 3.8) is 0 Å². The standard InChI is InChI=1S/C21H18ClN3O2/c1-14-2-7-18(12-19(14)22)25-21(27)17-5-3-16(4-6-17)20(26)24-13-15-8-10-23-11-9-15/h2-12H,13H2,1H3,(H,24,26)(H,25,27). The van der Waals surface area contributed by atoms with Gasteiger partial charge in [0.1, 0.15) is 0 Å². The van der Waals surface area contributed by atoms with Gasteiger partial charge >= 0.3 is 0 Å². The van der Waals surface area contributed by atoms with E-state index < -0.39 is 0 Å². The number of aromatic nitrogens is 1. The normalized spacial score (nSPS) is 10.3. The van der Waals surface area contributed by atoms with Crippen molar-refractivity contribution in [2.75, 3.05) is 5.32 Å². The fourth-order valence-corrected chi connectivity index (χ4v) is 2.61. The van der Waals surface area contributed by atoms with Crippen LogP contribution >= 0.6 is 11.6 Å². The van der Waals surface area contributed by atoms with E-state index in [0.717, 1.165) is 11.1 Å². The van der Waals surface area contributed by atoms with Gasteiger partial charge in [0.2, 0.25) is 0 Å². The zero-order valence-electron chi connectivity index (χ0n) is 14.7. The van der Waals surface area contributed by atoms with E-state index >= 15 is 0 Å². The molecular formula is C21H18ClN3O2. The molecule has 3 aromatic rings. The smallest absolute Gasteiger partial charge is 0.255 e. The Kier molecular flexibility index (Phi) is 5.84. The lowest BCUT2D eigenvalue weighted by molar-refractivity contribution is 0.0949. The minimum absolute atomic E-state index is 0.205. The third-order valence-corrected chi connectivity index (χ3v) is 4.45. The predicted octanol–water partition coefficient (Wildman–Crippen LogP) is 4.23. The lowest BCUT2D eigenvalue weighted by atomic mass is 10.1. The molecule has 0 aliphatic carbocycles. The van der Waals surface area contributed by atoms with Gasteiger partial charge in [-0.05, 0) is 66.6 Å². The predicted molar refractivity (Wildman–Crippen MR) is 106 cm³/mol. The molecule has 2 N–H and O–H groups in total. The van der Waals surface area contributed by atoms with Gasteiger partial charge in [0.15, 0.2) is 0 Å². The highest BCUT2D eigenvalue weighted by atomic mass is 35.5. The van der Waals surface area contributed by atoms with E-state index in [1.807, 2.05) is 25.1 Å². The number of nitrogens with one attached hydrogen (secondary N) is 2. The molecule has 0 saturated carbocycles. The molecule has 0 aliphatic rings. The summed E-state index contributed by atoms with van der Waals surface area (Å²) in [6, 6.07) is 15.5. The maximum Gasteiger partial charge on any atom is 0.255 e. The van der Waals surface area contributed by atoms with Crippen LogP contribution in [0.15, 0.2) is 67.0 Å². The molecule has 0 spiro atoms. The van der Waals surface area contributed by atoms with E-state index in [9.17, 15) is 9.59 Å². The Labute approximate surface area is 162 Å². The van der Waals surface area contributed by atoms with Gasteiger partial charge in [-0.25, -0.2) is 0 Å². The Morgan fingerprint density at radius 2 is 1.56 bits per heavy atom. The van der Waals surface area contributed by atoms with Crippen molar-refractivity contribution in [1.29, 1.82) is 0 Å². The van der Waals surface area contributed by atoms with Crippen LogP contribution in [0.2, 0.25) is 5.02 Å². The monoisotopic (exact) mass is 379 g/mol. The molecular weight excluding hydrogens is 362 g/mol. The molecule has 3 rings (SSSR count). The first-order valence-electron chi connectivity index (χ1n) is 8.37. The number of carbonyl (C=O) groups is 2. The minimum Gasteiger partial charge on any atom is -0.348 e. The average molecular weight is 380 g/mol. The number of hydrogen-bond acceptors (Lipinski definition) is 3. The second-order valence-corrected chi connectivity index (χ2v) is 6.44. The number of benzene rings is 2. The summed E-state index contributed by atoms with van der Waals surface area (Å²) >= 11 is 6.07. The van der Waals surface area contributed by atoms with Crippen LogP contribution in [0.5, 0.6) is 0 Å². The summed E-state index contributed by atoms with van der Waals surface area (Å²) in [5.41, 5.74) is 3.47. The zero-order valence-corrected chi connectivity index (χ0v) is 15.5. The number of aryl methyl sites for hydroxylation is 1. The van der Waals surface area contributed by atoms with Gasteiger partial charge in [0.25, 0.3) is 11.8 Å². The molecule has 0 unspecified atom stereocenters. The molecule has 0 fully saturated rings. The molecule has 6 heteroatoms. The van der Waals surface area contributed by atoms with Gasteiger partial charge < -0.3 is 10.6 Å². The Morgan fingerprint density at radius 3 is 2.19 bits per heavy atom. The first-order chi connectivity index (χ1) is 13.0. The van der Waals surface area contributed by atoms with E-state index in [-0.39, 0.29) is 11.8 Å². The molecule has 1 aromatic heterocycles. The lowest BCUT2D eigenvalue weighted by Crippen LogP contribution is -2.23. The van der Waals surface area contributed by atoms with Crippen LogP contribution in [0.1, 0.15) is 31.8 Å². The third-order valence-electron chi connectivity index (χ3n) is 4.04. The Hall–Kier alpha value is -3.18. The molecule has 5 nitrogen and oxygen atoms in total. The first kappa shape index (κ1) is 18.6. The van der Waals surface area contributed by atoms with Crippen molar-refractivity contribution in [2.45, 2.75) is 13.5 Å². The number of hydrogen-bond donors (Lipinski definition) is 2. The average Bonchev–Trinajstić information content (AvgIpc) is 2.70. The van der Waals surface area contributed by atoms with Crippen molar-refractivity contribution < 1.29 is 9.59 Å². The van der Waals surface area contributed by atoms with Crippen LogP contribution in [0, 0.1) is 6.92 Å². The summed E-state index contributed by atoms with van der Waals surface area (Å²) in [7, 11) is 0. The quantitative estimate of drug-likeness (QED) is 0.697. The number of anilines is 1. The maximum atomic E-state index is 12.3. The summed E-state index contributed by atoms with van der Waals surface area (Å²) in [4.78, 5) is 28.5. The second-order valence-electron chi connectivity index (χ2n) is 6.03. The van der Waals surface area contributed by atoms with E-state index in [4.69, 9.17) is 11.6 Å². The minimum atomic E-state index is -0.265. The SMILES string of the molecule is Cc1ccc(NC(=O)c2ccc(C(=O)NCc3ccncc3)cc2)cc1Cl. The highest BCUT2D eigenvalue weighted by Crippen LogP contribution is 2.20. The molecule has 0 saturated heterocycles. The summed E-state index contributed by atoms with van der Waals surface area (Å²) in [6.45, 7) is 2.31. The molecule has 0 radical (unpaired) electrons. The molecule has 1 heterocycles. The highest BCUT2D eigenvalue weighted by Gasteiger charge is 2.10. The zero-order chi connectivity index (χ0) is 19.2. The van der Waals surface area contributed by atoms with Crippen LogP contribution in [-0.4, -0.2) is 16.8 Å². The van der Waals surface area contributed by atoms with E-state index in [0.29, 0.717) is 28.4 Å². The van der Waals surface area contributed by atoms with Crippen molar-refractivity contribution in [3.05, 3.63) is 94.3 Å². The summed E-state index contributed by atoms with van der Waals surface area (Å²) in [5.74, 6) is -0.470. The second kappa shape index (κ2) is 8.47. The number of halogens is 1. The van der Waals surface area contributed by atoms with Gasteiger partial charge in [-0.3, -0.25) is 14.6 Å². The molecule has 2 aromatic carbocycles. The summed E-state index contributed by atoms with van der Waals surface area (Å²) in [5, 5.41) is 6.22. The van der Waals surface area contributed by atoms with Crippen molar-refractivity contribution in [3.8, 4) is 0 Å². The Bertz CT molecular complexity index is 957. The molecule has 136 valence electrons. The van der Waals surface area contributed by atoms with E-state index in [1.165, 1.54) is 0 Å². The third kappa shape index (κ3) is 4.92. The number of nitrogens with zero attached hydrogens (tertiary/aromatic N) is 1. The van der Waals surface area contributed by atoms with Gasteiger partial charge in [0.05, 0.1) is 0 Å². The van der Waals surface area contributed by atoms with Crippen LogP contribution in [0.3, 0.4) is 0 Å². The first-order valence-corrected chi connectivity index (χ1v) is 8.75. The van der Waals surface area contributed by atoms with Crippen LogP contribution in [0.25, 0.3) is 0 Å². The highest BCUT2D eigenvalue weighted by molar-refractivity contribution is 6.31. The number of amides is 2.